The Balaban J connectivity index is 1.25. The zero-order chi connectivity index (χ0) is 30.5. The van der Waals surface area contributed by atoms with E-state index in [-0.39, 0.29) is 12.7 Å². The van der Waals surface area contributed by atoms with Crippen LogP contribution in [0, 0.1) is 19.7 Å². The molecule has 0 amide bonds. The van der Waals surface area contributed by atoms with E-state index in [9.17, 15) is 9.90 Å². The number of aromatic nitrogens is 2. The van der Waals surface area contributed by atoms with Crippen molar-refractivity contribution in [3.8, 4) is 16.9 Å². The van der Waals surface area contributed by atoms with Gasteiger partial charge in [0.2, 0.25) is 0 Å². The number of pyridine rings is 1. The molecule has 0 saturated carbocycles. The Labute approximate surface area is 256 Å². The summed E-state index contributed by atoms with van der Waals surface area (Å²) in [7, 11) is 1.97. The maximum Gasteiger partial charge on any atom is 0.307 e. The summed E-state index contributed by atoms with van der Waals surface area (Å²) in [5.41, 5.74) is 7.03. The van der Waals surface area contributed by atoms with Crippen LogP contribution in [0.3, 0.4) is 0 Å². The molecule has 2 saturated heterocycles. The van der Waals surface area contributed by atoms with Crippen molar-refractivity contribution in [1.82, 2.24) is 24.7 Å². The van der Waals surface area contributed by atoms with Crippen LogP contribution < -0.4 is 10.1 Å². The molecule has 6 heterocycles. The monoisotopic (exact) mass is 604 g/mol. The first-order valence-corrected chi connectivity index (χ1v) is 15.8. The SMILES string of the molecule is Cc1nc2c(cc(C3=NC(N4CCN(C5CCOCC5)CC4)NC3)n2C)c(-c2cc(F)c3c(c2C)CCCO3)c1CC(=O)O. The van der Waals surface area contributed by atoms with Crippen LogP contribution in [0.4, 0.5) is 4.39 Å². The minimum absolute atomic E-state index is 0.0893. The summed E-state index contributed by atoms with van der Waals surface area (Å²) in [6.07, 6.45) is 3.47. The number of nitrogens with zero attached hydrogens (tertiary/aromatic N) is 5. The predicted octanol–water partition coefficient (Wildman–Crippen LogP) is 3.42. The molecular weight excluding hydrogens is 563 g/mol. The number of hydrogen-bond acceptors (Lipinski definition) is 8. The van der Waals surface area contributed by atoms with Crippen LogP contribution in [-0.4, -0.2) is 101 Å². The number of rotatable bonds is 6. The largest absolute Gasteiger partial charge is 0.490 e. The molecular formula is C33H41FN6O4. The van der Waals surface area contributed by atoms with Gasteiger partial charge in [-0.2, -0.15) is 0 Å². The van der Waals surface area contributed by atoms with Gasteiger partial charge in [-0.05, 0) is 73.9 Å². The standard InChI is InChI=1S/C33H41FN6O4/c1-19-22-5-4-12-44-31(22)26(34)15-23(19)30-24(17-29(41)42)20(2)36-32-25(30)16-28(38(32)3)27-18-35-33(37-27)40-10-8-39(9-11-40)21-6-13-43-14-7-21/h15-16,21,33,35H,4-14,17-18H2,1-3H3,(H,41,42). The van der Waals surface area contributed by atoms with Gasteiger partial charge in [0.25, 0.3) is 0 Å². The number of aryl methyl sites for hydroxylation is 2. The smallest absolute Gasteiger partial charge is 0.307 e. The maximum atomic E-state index is 15.5. The van der Waals surface area contributed by atoms with E-state index in [2.05, 4.69) is 21.2 Å². The Bertz CT molecular complexity index is 1640. The third kappa shape index (κ3) is 5.19. The van der Waals surface area contributed by atoms with Crippen molar-refractivity contribution in [2.45, 2.75) is 58.3 Å². The minimum Gasteiger partial charge on any atom is -0.490 e. The van der Waals surface area contributed by atoms with E-state index in [0.717, 1.165) is 104 Å². The molecule has 1 atom stereocenters. The highest BCUT2D eigenvalue weighted by Gasteiger charge is 2.32. The summed E-state index contributed by atoms with van der Waals surface area (Å²) in [4.78, 5) is 27.1. The molecule has 0 radical (unpaired) electrons. The first-order chi connectivity index (χ1) is 21.3. The number of nitrogens with one attached hydrogen (secondary N) is 1. The molecule has 3 aromatic rings. The van der Waals surface area contributed by atoms with Gasteiger partial charge >= 0.3 is 5.97 Å². The van der Waals surface area contributed by atoms with Gasteiger partial charge in [-0.3, -0.25) is 24.9 Å². The van der Waals surface area contributed by atoms with Crippen molar-refractivity contribution in [2.24, 2.45) is 12.0 Å². The summed E-state index contributed by atoms with van der Waals surface area (Å²) < 4.78 is 28.8. The molecule has 1 aromatic carbocycles. The van der Waals surface area contributed by atoms with Crippen LogP contribution in [0.15, 0.2) is 17.1 Å². The molecule has 10 nitrogen and oxygen atoms in total. The van der Waals surface area contributed by atoms with Gasteiger partial charge in [0, 0.05) is 75.7 Å². The molecule has 4 aliphatic heterocycles. The van der Waals surface area contributed by atoms with Crippen molar-refractivity contribution in [3.63, 3.8) is 0 Å². The van der Waals surface area contributed by atoms with Crippen LogP contribution in [0.2, 0.25) is 0 Å². The molecule has 1 unspecified atom stereocenters. The van der Waals surface area contributed by atoms with Crippen LogP contribution in [0.5, 0.6) is 5.75 Å². The Hall–Kier alpha value is -3.38. The van der Waals surface area contributed by atoms with E-state index in [1.165, 1.54) is 6.07 Å². The zero-order valence-corrected chi connectivity index (χ0v) is 25.8. The fourth-order valence-corrected chi connectivity index (χ4v) is 7.54. The number of piperazine rings is 1. The predicted molar refractivity (Wildman–Crippen MR) is 166 cm³/mol. The second-order valence-electron chi connectivity index (χ2n) is 12.5. The summed E-state index contributed by atoms with van der Waals surface area (Å²) >= 11 is 0. The van der Waals surface area contributed by atoms with E-state index in [1.54, 1.807) is 0 Å². The third-order valence-corrected chi connectivity index (χ3v) is 9.94. The summed E-state index contributed by atoms with van der Waals surface area (Å²) in [5.74, 6) is -1.04. The van der Waals surface area contributed by atoms with Crippen LogP contribution >= 0.6 is 0 Å². The van der Waals surface area contributed by atoms with Gasteiger partial charge in [-0.1, -0.05) is 0 Å². The highest BCUT2D eigenvalue weighted by molar-refractivity contribution is 6.08. The molecule has 2 aromatic heterocycles. The number of aliphatic imine (C=N–C) groups is 1. The maximum absolute atomic E-state index is 15.5. The molecule has 44 heavy (non-hydrogen) atoms. The number of carbonyl (C=O) groups is 1. The van der Waals surface area contributed by atoms with E-state index in [1.807, 2.05) is 25.5 Å². The molecule has 4 aliphatic rings. The normalized spacial score (nSPS) is 21.8. The average Bonchev–Trinajstić information content (AvgIpc) is 3.65. The average molecular weight is 605 g/mol. The molecule has 2 N–H and O–H groups in total. The number of fused-ring (bicyclic) bond motifs is 2. The van der Waals surface area contributed by atoms with Crippen molar-refractivity contribution in [3.05, 3.63) is 46.0 Å². The molecule has 0 bridgehead atoms. The van der Waals surface area contributed by atoms with Gasteiger partial charge in [-0.25, -0.2) is 9.37 Å². The van der Waals surface area contributed by atoms with Gasteiger partial charge < -0.3 is 19.1 Å². The second-order valence-corrected chi connectivity index (χ2v) is 12.5. The fourth-order valence-electron chi connectivity index (χ4n) is 7.54. The summed E-state index contributed by atoms with van der Waals surface area (Å²) in [6.45, 7) is 10.6. The van der Waals surface area contributed by atoms with Gasteiger partial charge in [0.1, 0.15) is 5.65 Å². The first kappa shape index (κ1) is 29.3. The third-order valence-electron chi connectivity index (χ3n) is 9.94. The van der Waals surface area contributed by atoms with Crippen LogP contribution in [0.1, 0.15) is 47.3 Å². The number of aliphatic carboxylic acids is 1. The number of hydrogen-bond donors (Lipinski definition) is 2. The second kappa shape index (κ2) is 11.8. The topological polar surface area (TPSA) is 104 Å². The Morgan fingerprint density at radius 3 is 2.61 bits per heavy atom. The van der Waals surface area contributed by atoms with E-state index >= 15 is 4.39 Å². The van der Waals surface area contributed by atoms with Crippen molar-refractivity contribution < 1.29 is 23.8 Å². The van der Waals surface area contributed by atoms with Gasteiger partial charge in [0.15, 0.2) is 17.9 Å². The van der Waals surface area contributed by atoms with Gasteiger partial charge in [-0.15, -0.1) is 0 Å². The lowest BCUT2D eigenvalue weighted by atomic mass is 9.87. The minimum atomic E-state index is -0.949. The Morgan fingerprint density at radius 1 is 1.11 bits per heavy atom. The summed E-state index contributed by atoms with van der Waals surface area (Å²) in [5, 5.41) is 14.3. The molecule has 0 aliphatic carbocycles. The summed E-state index contributed by atoms with van der Waals surface area (Å²) in [6, 6.07) is 4.19. The first-order valence-electron chi connectivity index (χ1n) is 15.8. The quantitative estimate of drug-likeness (QED) is 0.441. The highest BCUT2D eigenvalue weighted by atomic mass is 19.1. The zero-order valence-electron chi connectivity index (χ0n) is 25.8. The Morgan fingerprint density at radius 2 is 1.86 bits per heavy atom. The van der Waals surface area contributed by atoms with Crippen molar-refractivity contribution in [2.75, 3.05) is 52.5 Å². The lowest BCUT2D eigenvalue weighted by molar-refractivity contribution is -0.136. The van der Waals surface area contributed by atoms with Gasteiger partial charge in [0.05, 0.1) is 24.4 Å². The number of carboxylic acids is 1. The van der Waals surface area contributed by atoms with E-state index < -0.39 is 11.8 Å². The number of ether oxygens (including phenoxy) is 2. The molecule has 0 spiro atoms. The molecule has 234 valence electrons. The number of halogens is 1. The molecule has 7 rings (SSSR count). The lowest BCUT2D eigenvalue weighted by Crippen LogP contribution is -2.55. The fraction of sp³-hybridized carbons (Fsp3) is 0.545. The lowest BCUT2D eigenvalue weighted by Gasteiger charge is -2.41. The highest BCUT2D eigenvalue weighted by Crippen LogP contribution is 2.42. The van der Waals surface area contributed by atoms with Crippen LogP contribution in [0.25, 0.3) is 22.2 Å². The Kier molecular flexibility index (Phi) is 7.90. The molecule has 2 fully saturated rings. The van der Waals surface area contributed by atoms with Crippen molar-refractivity contribution in [1.29, 1.82) is 0 Å². The number of benzene rings is 1. The van der Waals surface area contributed by atoms with E-state index in [4.69, 9.17) is 19.5 Å². The number of carboxylic acid groups (broad SMARTS) is 1. The molecule has 11 heteroatoms. The van der Waals surface area contributed by atoms with Crippen LogP contribution in [-0.2, 0) is 29.4 Å². The van der Waals surface area contributed by atoms with Crippen molar-refractivity contribution >= 4 is 22.7 Å². The van der Waals surface area contributed by atoms with E-state index in [0.29, 0.717) is 41.8 Å².